The van der Waals surface area contributed by atoms with E-state index in [1.54, 1.807) is 0 Å². The smallest absolute Gasteiger partial charge is 0.241 e. The van der Waals surface area contributed by atoms with Gasteiger partial charge in [0, 0.05) is 5.92 Å². The fraction of sp³-hybridized carbons (Fsp3) is 0.690. The number of hydrogen-bond donors (Lipinski definition) is 1. The second-order valence-corrected chi connectivity index (χ2v) is 9.54. The molecule has 1 heterocycles. The molecule has 0 aliphatic rings. The van der Waals surface area contributed by atoms with Crippen molar-refractivity contribution in [3.05, 3.63) is 54.6 Å². The van der Waals surface area contributed by atoms with E-state index in [0.29, 0.717) is 6.04 Å². The number of hydrogen-bond acceptors (Lipinski definition) is 0. The summed E-state index contributed by atoms with van der Waals surface area (Å²) in [5, 5.41) is 0. The van der Waals surface area contributed by atoms with Gasteiger partial charge in [-0.3, -0.25) is 4.98 Å². The third kappa shape index (κ3) is 11.0. The molecular weight excluding hydrogens is 376 g/mol. The quantitative estimate of drug-likeness (QED) is 0.172. The summed E-state index contributed by atoms with van der Waals surface area (Å²) < 4.78 is 2.47. The van der Waals surface area contributed by atoms with Crippen LogP contribution in [0.25, 0.3) is 0 Å². The Kier molecular flexibility index (Phi) is 14.1. The van der Waals surface area contributed by atoms with Crippen LogP contribution in [0.5, 0.6) is 0 Å². The van der Waals surface area contributed by atoms with E-state index in [-0.39, 0.29) is 0 Å². The second kappa shape index (κ2) is 17.0. The van der Waals surface area contributed by atoms with Crippen LogP contribution in [0, 0.1) is 5.92 Å². The van der Waals surface area contributed by atoms with E-state index in [2.05, 4.69) is 72.5 Å². The summed E-state index contributed by atoms with van der Waals surface area (Å²) in [6.45, 7) is 4.61. The lowest BCUT2D eigenvalue weighted by atomic mass is 9.84. The highest BCUT2D eigenvalue weighted by molar-refractivity contribution is 5.15. The Bertz CT molecular complexity index is 619. The number of rotatable bonds is 19. The SMILES string of the molecule is CCCCCCCCCCCC(Cc1ccccc1)C(CCCCCC)[n+]1cc[nH]c1. The van der Waals surface area contributed by atoms with Crippen LogP contribution in [0.2, 0.25) is 0 Å². The average Bonchev–Trinajstić information content (AvgIpc) is 3.33. The minimum Gasteiger partial charge on any atom is -0.250 e. The third-order valence-corrected chi connectivity index (χ3v) is 6.87. The highest BCUT2D eigenvalue weighted by Gasteiger charge is 2.26. The normalized spacial score (nSPS) is 13.4. The Morgan fingerprint density at radius 2 is 1.29 bits per heavy atom. The van der Waals surface area contributed by atoms with Gasteiger partial charge < -0.3 is 0 Å². The molecule has 0 fully saturated rings. The predicted molar refractivity (Wildman–Crippen MR) is 134 cm³/mol. The van der Waals surface area contributed by atoms with Crippen LogP contribution in [0.4, 0.5) is 0 Å². The minimum atomic E-state index is 0.609. The van der Waals surface area contributed by atoms with Crippen molar-refractivity contribution in [2.45, 2.75) is 123 Å². The van der Waals surface area contributed by atoms with Gasteiger partial charge in [0.2, 0.25) is 6.33 Å². The first-order chi connectivity index (χ1) is 15.3. The molecule has 2 nitrogen and oxygen atoms in total. The Morgan fingerprint density at radius 1 is 0.710 bits per heavy atom. The van der Waals surface area contributed by atoms with Gasteiger partial charge in [-0.15, -0.1) is 0 Å². The molecule has 0 saturated carbocycles. The molecule has 0 radical (unpaired) electrons. The number of imidazole rings is 1. The molecule has 2 aromatic rings. The van der Waals surface area contributed by atoms with Crippen molar-refractivity contribution in [3.8, 4) is 0 Å². The fourth-order valence-electron chi connectivity index (χ4n) is 4.98. The van der Waals surface area contributed by atoms with Crippen molar-refractivity contribution in [1.29, 1.82) is 0 Å². The van der Waals surface area contributed by atoms with Gasteiger partial charge in [-0.05, 0) is 31.2 Å². The summed E-state index contributed by atoms with van der Waals surface area (Å²) >= 11 is 0. The van der Waals surface area contributed by atoms with Crippen molar-refractivity contribution in [2.75, 3.05) is 0 Å². The third-order valence-electron chi connectivity index (χ3n) is 6.87. The van der Waals surface area contributed by atoms with Gasteiger partial charge in [-0.1, -0.05) is 121 Å². The summed E-state index contributed by atoms with van der Waals surface area (Å²) in [5.74, 6) is 0.717. The second-order valence-electron chi connectivity index (χ2n) is 9.54. The first-order valence-electron chi connectivity index (χ1n) is 13.4. The van der Waals surface area contributed by atoms with E-state index >= 15 is 0 Å². The lowest BCUT2D eigenvalue weighted by molar-refractivity contribution is -0.730. The van der Waals surface area contributed by atoms with Crippen LogP contribution in [-0.2, 0) is 6.42 Å². The van der Waals surface area contributed by atoms with E-state index in [1.807, 2.05) is 0 Å². The topological polar surface area (TPSA) is 19.7 Å². The highest BCUT2D eigenvalue weighted by Crippen LogP contribution is 2.29. The predicted octanol–water partition coefficient (Wildman–Crippen LogP) is 8.59. The molecule has 0 aliphatic heterocycles. The number of benzene rings is 1. The van der Waals surface area contributed by atoms with Gasteiger partial charge in [-0.25, -0.2) is 4.57 Å². The highest BCUT2D eigenvalue weighted by atomic mass is 15.1. The van der Waals surface area contributed by atoms with Crippen LogP contribution in [-0.4, -0.2) is 4.98 Å². The molecule has 174 valence electrons. The summed E-state index contributed by atoms with van der Waals surface area (Å²) in [4.78, 5) is 3.30. The van der Waals surface area contributed by atoms with E-state index in [1.165, 1.54) is 108 Å². The van der Waals surface area contributed by atoms with Gasteiger partial charge in [0.15, 0.2) is 0 Å². The number of nitrogens with one attached hydrogen (secondary N) is 1. The molecule has 31 heavy (non-hydrogen) atoms. The van der Waals surface area contributed by atoms with Crippen LogP contribution in [0.1, 0.15) is 122 Å². The molecule has 2 rings (SSSR count). The van der Waals surface area contributed by atoms with Crippen molar-refractivity contribution in [1.82, 2.24) is 4.98 Å². The van der Waals surface area contributed by atoms with Crippen molar-refractivity contribution < 1.29 is 4.57 Å². The summed E-state index contributed by atoms with van der Waals surface area (Å²) in [6, 6.07) is 11.8. The number of aromatic nitrogens is 2. The fourth-order valence-corrected chi connectivity index (χ4v) is 4.98. The molecule has 0 saturated heterocycles. The van der Waals surface area contributed by atoms with Crippen molar-refractivity contribution in [2.24, 2.45) is 5.92 Å². The molecule has 0 spiro atoms. The van der Waals surface area contributed by atoms with Crippen molar-refractivity contribution >= 4 is 0 Å². The van der Waals surface area contributed by atoms with Crippen LogP contribution >= 0.6 is 0 Å². The first-order valence-corrected chi connectivity index (χ1v) is 13.4. The van der Waals surface area contributed by atoms with E-state index in [4.69, 9.17) is 0 Å². The molecule has 2 atom stereocenters. The van der Waals surface area contributed by atoms with Crippen molar-refractivity contribution in [3.63, 3.8) is 0 Å². The molecular formula is C29H49N2+. The number of unbranched alkanes of at least 4 members (excludes halogenated alkanes) is 11. The summed E-state index contributed by atoms with van der Waals surface area (Å²) in [5.41, 5.74) is 1.50. The molecule has 0 amide bonds. The maximum Gasteiger partial charge on any atom is 0.241 e. The Labute approximate surface area is 192 Å². The summed E-state index contributed by atoms with van der Waals surface area (Å²) in [6.07, 6.45) is 28.5. The summed E-state index contributed by atoms with van der Waals surface area (Å²) in [7, 11) is 0. The molecule has 1 N–H and O–H groups in total. The maximum atomic E-state index is 3.30. The average molecular weight is 426 g/mol. The van der Waals surface area contributed by atoms with Gasteiger partial charge in [0.25, 0.3) is 0 Å². The number of H-pyrrole nitrogens is 1. The maximum absolute atomic E-state index is 3.30. The molecule has 0 aliphatic carbocycles. The monoisotopic (exact) mass is 425 g/mol. The zero-order valence-corrected chi connectivity index (χ0v) is 20.5. The first kappa shape index (κ1) is 25.7. The van der Waals surface area contributed by atoms with Crippen LogP contribution in [0.15, 0.2) is 49.1 Å². The molecule has 2 heteroatoms. The van der Waals surface area contributed by atoms with E-state index < -0.39 is 0 Å². The Balaban J connectivity index is 1.89. The number of aromatic amines is 1. The van der Waals surface area contributed by atoms with Gasteiger partial charge in [0.1, 0.15) is 18.4 Å². The zero-order chi connectivity index (χ0) is 22.0. The number of nitrogens with zero attached hydrogens (tertiary/aromatic N) is 1. The standard InChI is InChI=1S/C29H48N2/c1-3-5-7-9-10-11-12-13-17-21-28(25-27-19-15-14-16-20-27)29(22-18-8-6-4-2)31-24-23-30-26-31/h14-16,19-20,23-24,26,28-29H,3-13,17-18,21-22,25H2,1-2H3/p+1. The zero-order valence-electron chi connectivity index (χ0n) is 20.5. The van der Waals surface area contributed by atoms with Crippen LogP contribution in [0.3, 0.4) is 0 Å². The molecule has 0 bridgehead atoms. The van der Waals surface area contributed by atoms with E-state index in [0.717, 1.165) is 5.92 Å². The Morgan fingerprint density at radius 3 is 1.90 bits per heavy atom. The van der Waals surface area contributed by atoms with Gasteiger partial charge in [0.05, 0.1) is 0 Å². The lowest BCUT2D eigenvalue weighted by Gasteiger charge is -2.25. The molecule has 1 aromatic carbocycles. The van der Waals surface area contributed by atoms with Gasteiger partial charge in [-0.2, -0.15) is 0 Å². The molecule has 1 aromatic heterocycles. The molecule has 2 unspecified atom stereocenters. The minimum absolute atomic E-state index is 0.609. The Hall–Kier alpha value is -1.57. The van der Waals surface area contributed by atoms with Crippen LogP contribution < -0.4 is 4.57 Å². The lowest BCUT2D eigenvalue weighted by Crippen LogP contribution is -2.42. The largest absolute Gasteiger partial charge is 0.250 e. The van der Waals surface area contributed by atoms with E-state index in [9.17, 15) is 0 Å². The van der Waals surface area contributed by atoms with Gasteiger partial charge >= 0.3 is 0 Å².